The molecule has 144 valence electrons. The molecule has 0 spiro atoms. The van der Waals surface area contributed by atoms with Crippen LogP contribution in [0.2, 0.25) is 5.02 Å². The highest BCUT2D eigenvalue weighted by Gasteiger charge is 2.22. The van der Waals surface area contributed by atoms with E-state index >= 15 is 0 Å². The van der Waals surface area contributed by atoms with Crippen LogP contribution in [0.3, 0.4) is 0 Å². The Morgan fingerprint density at radius 3 is 2.69 bits per heavy atom. The van der Waals surface area contributed by atoms with Gasteiger partial charge in [-0.1, -0.05) is 41.9 Å². The molecule has 0 atom stereocenters. The number of carbonyl (C=O) groups excluding carboxylic acids is 1. The minimum atomic E-state index is -0.916. The third-order valence-electron chi connectivity index (χ3n) is 4.45. The molecule has 0 saturated heterocycles. The van der Waals surface area contributed by atoms with Gasteiger partial charge in [-0.05, 0) is 29.0 Å². The summed E-state index contributed by atoms with van der Waals surface area (Å²) in [5.74, 6) is -0.916. The topological polar surface area (TPSA) is 99.7 Å². The van der Waals surface area contributed by atoms with Crippen LogP contribution in [-0.2, 0) is 11.3 Å². The van der Waals surface area contributed by atoms with Crippen LogP contribution in [0.1, 0.15) is 15.9 Å². The van der Waals surface area contributed by atoms with E-state index in [1.807, 2.05) is 30.3 Å². The van der Waals surface area contributed by atoms with E-state index in [0.717, 1.165) is 16.8 Å². The highest BCUT2D eigenvalue weighted by molar-refractivity contribution is 6.31. The van der Waals surface area contributed by atoms with Crippen LogP contribution in [-0.4, -0.2) is 10.9 Å². The van der Waals surface area contributed by atoms with Gasteiger partial charge in [0.15, 0.2) is 0 Å². The number of ether oxygens (including phenoxy) is 1. The first-order chi connectivity index (χ1) is 13.9. The first-order valence-corrected chi connectivity index (χ1v) is 8.87. The van der Waals surface area contributed by atoms with Crippen molar-refractivity contribution in [2.24, 2.45) is 0 Å². The van der Waals surface area contributed by atoms with Crippen molar-refractivity contribution < 1.29 is 18.9 Å². The second-order valence-electron chi connectivity index (χ2n) is 6.25. The molecular formula is C21H12ClNO6. The van der Waals surface area contributed by atoms with E-state index in [1.54, 1.807) is 6.07 Å². The molecule has 0 bridgehead atoms. The maximum Gasteiger partial charge on any atom is 0.345 e. The number of nitro groups is 1. The summed E-state index contributed by atoms with van der Waals surface area (Å²) in [6.45, 7) is -0.265. The van der Waals surface area contributed by atoms with E-state index in [2.05, 4.69) is 0 Å². The summed E-state index contributed by atoms with van der Waals surface area (Å²) < 4.78 is 10.6. The molecule has 0 amide bonds. The third kappa shape index (κ3) is 3.55. The highest BCUT2D eigenvalue weighted by Crippen LogP contribution is 2.29. The molecule has 1 aromatic heterocycles. The van der Waals surface area contributed by atoms with Crippen LogP contribution in [0.25, 0.3) is 21.7 Å². The van der Waals surface area contributed by atoms with Gasteiger partial charge in [0.05, 0.1) is 4.92 Å². The number of rotatable bonds is 4. The van der Waals surface area contributed by atoms with Gasteiger partial charge in [-0.3, -0.25) is 10.1 Å². The molecule has 7 nitrogen and oxygen atoms in total. The Morgan fingerprint density at radius 1 is 1.10 bits per heavy atom. The third-order valence-corrected chi connectivity index (χ3v) is 4.68. The number of fused-ring (bicyclic) bond motifs is 3. The number of hydrogen-bond donors (Lipinski definition) is 0. The fourth-order valence-corrected chi connectivity index (χ4v) is 3.36. The maximum absolute atomic E-state index is 12.5. The molecule has 29 heavy (non-hydrogen) atoms. The summed E-state index contributed by atoms with van der Waals surface area (Å²) in [4.78, 5) is 34.9. The van der Waals surface area contributed by atoms with Crippen molar-refractivity contribution in [1.29, 1.82) is 0 Å². The molecule has 0 aliphatic heterocycles. The predicted molar refractivity (Wildman–Crippen MR) is 107 cm³/mol. The smallest absolute Gasteiger partial charge is 0.345 e. The minimum Gasteiger partial charge on any atom is -0.457 e. The molecule has 4 aromatic rings. The zero-order valence-electron chi connectivity index (χ0n) is 14.8. The lowest BCUT2D eigenvalue weighted by Gasteiger charge is -2.10. The highest BCUT2D eigenvalue weighted by atomic mass is 35.5. The van der Waals surface area contributed by atoms with Gasteiger partial charge >= 0.3 is 11.6 Å². The molecule has 0 saturated carbocycles. The molecule has 8 heteroatoms. The van der Waals surface area contributed by atoms with Gasteiger partial charge in [-0.25, -0.2) is 9.59 Å². The molecule has 0 fully saturated rings. The molecule has 0 aliphatic carbocycles. The summed E-state index contributed by atoms with van der Waals surface area (Å²) in [6.07, 6.45) is 0. The van der Waals surface area contributed by atoms with Crippen LogP contribution in [0.15, 0.2) is 69.9 Å². The summed E-state index contributed by atoms with van der Waals surface area (Å²) in [7, 11) is 0. The molecular weight excluding hydrogens is 398 g/mol. The Bertz CT molecular complexity index is 1340. The Kier molecular flexibility index (Phi) is 4.74. The van der Waals surface area contributed by atoms with E-state index in [9.17, 15) is 19.7 Å². The average molecular weight is 410 g/mol. The first kappa shape index (κ1) is 18.6. The van der Waals surface area contributed by atoms with Crippen LogP contribution in [0.5, 0.6) is 0 Å². The average Bonchev–Trinajstić information content (AvgIpc) is 2.71. The van der Waals surface area contributed by atoms with Crippen LogP contribution >= 0.6 is 11.6 Å². The lowest BCUT2D eigenvalue weighted by atomic mass is 10.0. The van der Waals surface area contributed by atoms with Gasteiger partial charge in [0.25, 0.3) is 5.69 Å². The standard InChI is InChI=1S/C21H12ClNO6/c22-14-6-7-17(23(26)27)16(10-14)21(25)28-11-13-9-19(24)29-18-8-5-12-3-1-2-4-15(12)20(13)18/h1-10H,11H2. The second-order valence-corrected chi connectivity index (χ2v) is 6.68. The van der Waals surface area contributed by atoms with Crippen molar-refractivity contribution in [2.45, 2.75) is 6.61 Å². The maximum atomic E-state index is 12.5. The van der Waals surface area contributed by atoms with Crippen molar-refractivity contribution in [1.82, 2.24) is 0 Å². The quantitative estimate of drug-likeness (QED) is 0.157. The molecule has 3 aromatic carbocycles. The fraction of sp³-hybridized carbons (Fsp3) is 0.0476. The Balaban J connectivity index is 1.75. The van der Waals surface area contributed by atoms with Crippen molar-refractivity contribution >= 4 is 45.0 Å². The van der Waals surface area contributed by atoms with Crippen molar-refractivity contribution in [3.05, 3.63) is 97.3 Å². The molecule has 0 unspecified atom stereocenters. The van der Waals surface area contributed by atoms with Crippen LogP contribution in [0.4, 0.5) is 5.69 Å². The minimum absolute atomic E-state index is 0.166. The van der Waals surface area contributed by atoms with Gasteiger partial charge in [0.1, 0.15) is 17.8 Å². The number of esters is 1. The van der Waals surface area contributed by atoms with Crippen molar-refractivity contribution in [3.8, 4) is 0 Å². The Labute approximate surface area is 168 Å². The predicted octanol–water partition coefficient (Wildman–Crippen LogP) is 4.86. The van der Waals surface area contributed by atoms with E-state index < -0.39 is 22.2 Å². The van der Waals surface area contributed by atoms with Crippen LogP contribution < -0.4 is 5.63 Å². The number of hydrogen-bond acceptors (Lipinski definition) is 6. The Morgan fingerprint density at radius 2 is 1.90 bits per heavy atom. The lowest BCUT2D eigenvalue weighted by Crippen LogP contribution is -2.10. The monoisotopic (exact) mass is 409 g/mol. The number of benzene rings is 3. The number of nitro benzene ring substituents is 1. The SMILES string of the molecule is O=C(OCc1cc(=O)oc2ccc3ccccc3c12)c1cc(Cl)ccc1[N+](=O)[O-]. The fourth-order valence-electron chi connectivity index (χ4n) is 3.19. The van der Waals surface area contributed by atoms with Crippen LogP contribution in [0, 0.1) is 10.1 Å². The van der Waals surface area contributed by atoms with Crippen molar-refractivity contribution in [3.63, 3.8) is 0 Å². The molecule has 4 rings (SSSR count). The zero-order valence-corrected chi connectivity index (χ0v) is 15.5. The molecule has 1 heterocycles. The normalized spacial score (nSPS) is 10.9. The second kappa shape index (κ2) is 7.37. The van der Waals surface area contributed by atoms with Crippen molar-refractivity contribution in [2.75, 3.05) is 0 Å². The van der Waals surface area contributed by atoms with Gasteiger partial charge < -0.3 is 9.15 Å². The molecule has 0 radical (unpaired) electrons. The first-order valence-electron chi connectivity index (χ1n) is 8.49. The van der Waals surface area contributed by atoms with Gasteiger partial charge in [0.2, 0.25) is 0 Å². The van der Waals surface area contributed by atoms with E-state index in [0.29, 0.717) is 16.5 Å². The number of carbonyl (C=O) groups is 1. The lowest BCUT2D eigenvalue weighted by molar-refractivity contribution is -0.385. The number of halogens is 1. The van der Waals surface area contributed by atoms with E-state index in [4.69, 9.17) is 20.8 Å². The van der Waals surface area contributed by atoms with E-state index in [-0.39, 0.29) is 17.2 Å². The molecule has 0 aliphatic rings. The summed E-state index contributed by atoms with van der Waals surface area (Å²) in [6, 6.07) is 15.9. The summed E-state index contributed by atoms with van der Waals surface area (Å²) in [5.41, 5.74) is -0.475. The summed E-state index contributed by atoms with van der Waals surface area (Å²) in [5, 5.41) is 13.7. The zero-order chi connectivity index (χ0) is 20.5. The largest absolute Gasteiger partial charge is 0.457 e. The number of nitrogens with zero attached hydrogens (tertiary/aromatic N) is 1. The van der Waals surface area contributed by atoms with E-state index in [1.165, 1.54) is 18.2 Å². The van der Waals surface area contributed by atoms with Gasteiger partial charge in [-0.15, -0.1) is 0 Å². The summed E-state index contributed by atoms with van der Waals surface area (Å²) >= 11 is 5.86. The van der Waals surface area contributed by atoms with Gasteiger partial charge in [-0.2, -0.15) is 0 Å². The Hall–Kier alpha value is -3.71. The van der Waals surface area contributed by atoms with Gasteiger partial charge in [0, 0.05) is 28.1 Å². The molecule has 0 N–H and O–H groups in total.